The number of carbonyl (C=O) groups is 1. The molecule has 4 nitrogen and oxygen atoms in total. The van der Waals surface area contributed by atoms with Crippen LogP contribution in [-0.2, 0) is 4.79 Å². The van der Waals surface area contributed by atoms with E-state index in [2.05, 4.69) is 32.5 Å². The second-order valence-corrected chi connectivity index (χ2v) is 9.37. The number of carbonyl (C=O) groups excluding carboxylic acids is 1. The second kappa shape index (κ2) is 9.59. The van der Waals surface area contributed by atoms with Crippen LogP contribution < -0.4 is 9.80 Å². The van der Waals surface area contributed by atoms with E-state index < -0.39 is 0 Å². The number of aromatic nitrogens is 1. The predicted molar refractivity (Wildman–Crippen MR) is 119 cm³/mol. The van der Waals surface area contributed by atoms with Crippen molar-refractivity contribution in [2.45, 2.75) is 9.79 Å². The molecule has 0 saturated heterocycles. The molecule has 27 heavy (non-hydrogen) atoms. The predicted octanol–water partition coefficient (Wildman–Crippen LogP) is 3.29. The van der Waals surface area contributed by atoms with Gasteiger partial charge in [0.25, 0.3) is 0 Å². The van der Waals surface area contributed by atoms with Crippen molar-refractivity contribution in [2.24, 2.45) is 0 Å². The van der Waals surface area contributed by atoms with E-state index in [9.17, 15) is 4.79 Å². The summed E-state index contributed by atoms with van der Waals surface area (Å²) in [6.07, 6.45) is 2.07. The van der Waals surface area contributed by atoms with Crippen LogP contribution in [0, 0.1) is 0 Å². The fourth-order valence-corrected chi connectivity index (χ4v) is 4.90. The zero-order valence-corrected chi connectivity index (χ0v) is 18.2. The lowest BCUT2D eigenvalue weighted by Crippen LogP contribution is -3.06. The Hall–Kier alpha value is -1.54. The topological polar surface area (TPSA) is 37.6 Å². The van der Waals surface area contributed by atoms with E-state index in [1.165, 1.54) is 9.80 Å². The highest BCUT2D eigenvalue weighted by Gasteiger charge is 2.21. The highest BCUT2D eigenvalue weighted by Crippen LogP contribution is 2.32. The monoisotopic (exact) mass is 418 g/mol. The van der Waals surface area contributed by atoms with Crippen molar-refractivity contribution in [3.8, 4) is 0 Å². The van der Waals surface area contributed by atoms with Gasteiger partial charge in [-0.25, -0.2) is 4.98 Å². The molecule has 2 aromatic carbocycles. The van der Waals surface area contributed by atoms with Crippen molar-refractivity contribution in [2.75, 3.05) is 44.1 Å². The van der Waals surface area contributed by atoms with E-state index in [0.717, 1.165) is 26.8 Å². The van der Waals surface area contributed by atoms with E-state index in [4.69, 9.17) is 4.98 Å². The van der Waals surface area contributed by atoms with Gasteiger partial charge in [0.05, 0.1) is 43.2 Å². The average Bonchev–Trinajstić information content (AvgIpc) is 3.09. The number of thiazole rings is 1. The van der Waals surface area contributed by atoms with Gasteiger partial charge in [0.15, 0.2) is 5.13 Å². The average molecular weight is 419 g/mol. The molecule has 0 aliphatic carbocycles. The van der Waals surface area contributed by atoms with Gasteiger partial charge in [0.2, 0.25) is 5.91 Å². The summed E-state index contributed by atoms with van der Waals surface area (Å²) in [6.45, 7) is 1.56. The Kier molecular flexibility index (Phi) is 7.18. The molecule has 0 radical (unpaired) electrons. The molecule has 1 amide bonds. The van der Waals surface area contributed by atoms with Gasteiger partial charge in [0, 0.05) is 9.79 Å². The second-order valence-electron chi connectivity index (χ2n) is 6.43. The molecular weight excluding hydrogens is 394 g/mol. The molecule has 3 aromatic rings. The fourth-order valence-electron chi connectivity index (χ4n) is 2.54. The van der Waals surface area contributed by atoms with Crippen molar-refractivity contribution >= 4 is 56.1 Å². The molecule has 0 unspecified atom stereocenters. The Morgan fingerprint density at radius 1 is 1.15 bits per heavy atom. The highest BCUT2D eigenvalue weighted by atomic mass is 32.2. The van der Waals surface area contributed by atoms with Gasteiger partial charge in [-0.15, -0.1) is 23.5 Å². The summed E-state index contributed by atoms with van der Waals surface area (Å²) < 4.78 is 1.13. The molecule has 0 aliphatic heterocycles. The molecule has 142 valence electrons. The molecule has 1 heterocycles. The smallest absolute Gasteiger partial charge is 0.239 e. The third-order valence-corrected chi connectivity index (χ3v) is 6.82. The number of thioether (sulfide) groups is 2. The van der Waals surface area contributed by atoms with E-state index in [-0.39, 0.29) is 5.91 Å². The summed E-state index contributed by atoms with van der Waals surface area (Å²) in [5.41, 5.74) is 0.957. The molecule has 1 N–H and O–H groups in total. The molecule has 0 bridgehead atoms. The Labute approximate surface area is 173 Å². The maximum atomic E-state index is 13.0. The Bertz CT molecular complexity index is 896. The number of rotatable bonds is 8. The zero-order chi connectivity index (χ0) is 19.2. The van der Waals surface area contributed by atoms with Crippen LogP contribution in [0.5, 0.6) is 0 Å². The molecular formula is C20H24N3OS3+. The number of quaternary nitrogens is 1. The fraction of sp³-hybridized carbons (Fsp3) is 0.300. The van der Waals surface area contributed by atoms with Gasteiger partial charge < -0.3 is 4.90 Å². The van der Waals surface area contributed by atoms with Gasteiger partial charge in [-0.05, 0) is 36.6 Å². The molecule has 0 saturated carbocycles. The van der Waals surface area contributed by atoms with Gasteiger partial charge in [-0.1, -0.05) is 29.5 Å². The molecule has 0 fully saturated rings. The Morgan fingerprint density at radius 2 is 1.93 bits per heavy atom. The lowest BCUT2D eigenvalue weighted by molar-refractivity contribution is -0.856. The minimum atomic E-state index is 0.106. The lowest BCUT2D eigenvalue weighted by Gasteiger charge is -2.20. The number of hydrogen-bond acceptors (Lipinski definition) is 5. The molecule has 0 aliphatic rings. The largest absolute Gasteiger partial charge is 0.338 e. The summed E-state index contributed by atoms with van der Waals surface area (Å²) in [5.74, 6) is 0.521. The van der Waals surface area contributed by atoms with Crippen LogP contribution in [0.4, 0.5) is 5.13 Å². The SMILES string of the molecule is CSc1ccc2nc(N(CC[NH+](C)C)C(=O)CSc3ccccc3)sc2c1. The number of fused-ring (bicyclic) bond motifs is 1. The minimum Gasteiger partial charge on any atom is -0.338 e. The van der Waals surface area contributed by atoms with Crippen molar-refractivity contribution in [3.63, 3.8) is 0 Å². The number of nitrogens with zero attached hydrogens (tertiary/aromatic N) is 2. The molecule has 7 heteroatoms. The molecule has 3 rings (SSSR count). The molecule has 0 atom stereocenters. The van der Waals surface area contributed by atoms with E-state index >= 15 is 0 Å². The number of amides is 1. The van der Waals surface area contributed by atoms with Crippen molar-refractivity contribution in [3.05, 3.63) is 48.5 Å². The summed E-state index contributed by atoms with van der Waals surface area (Å²) in [6, 6.07) is 16.3. The van der Waals surface area contributed by atoms with Crippen molar-refractivity contribution < 1.29 is 9.69 Å². The van der Waals surface area contributed by atoms with Crippen LogP contribution in [0.3, 0.4) is 0 Å². The van der Waals surface area contributed by atoms with Crippen molar-refractivity contribution in [1.29, 1.82) is 0 Å². The van der Waals surface area contributed by atoms with Crippen LogP contribution in [0.1, 0.15) is 0 Å². The Morgan fingerprint density at radius 3 is 2.63 bits per heavy atom. The number of hydrogen-bond donors (Lipinski definition) is 1. The highest BCUT2D eigenvalue weighted by molar-refractivity contribution is 8.00. The minimum absolute atomic E-state index is 0.106. The van der Waals surface area contributed by atoms with Crippen LogP contribution in [0.25, 0.3) is 10.2 Å². The van der Waals surface area contributed by atoms with E-state index in [1.807, 2.05) is 41.3 Å². The third kappa shape index (κ3) is 5.48. The van der Waals surface area contributed by atoms with Gasteiger partial charge in [0.1, 0.15) is 0 Å². The van der Waals surface area contributed by atoms with Gasteiger partial charge in [-0.2, -0.15) is 0 Å². The maximum absolute atomic E-state index is 13.0. The van der Waals surface area contributed by atoms with Crippen LogP contribution in [-0.4, -0.2) is 50.1 Å². The van der Waals surface area contributed by atoms with Crippen LogP contribution >= 0.6 is 34.9 Å². The van der Waals surface area contributed by atoms with E-state index in [0.29, 0.717) is 12.3 Å². The standard InChI is InChI=1S/C20H23N3OS3/c1-22(2)11-12-23(19(24)14-26-15-7-5-4-6-8-15)20-21-17-10-9-16(25-3)13-18(17)27-20/h4-10,13H,11-12,14H2,1-3H3/p+1. The summed E-state index contributed by atoms with van der Waals surface area (Å²) >= 11 is 4.89. The first-order valence-corrected chi connectivity index (χ1v) is 11.8. The molecule has 1 aromatic heterocycles. The van der Waals surface area contributed by atoms with Crippen molar-refractivity contribution in [1.82, 2.24) is 4.98 Å². The normalized spacial score (nSPS) is 11.3. The number of likely N-dealkylation sites (N-methyl/N-ethyl adjacent to an activating group) is 1. The number of anilines is 1. The molecule has 0 spiro atoms. The van der Waals surface area contributed by atoms with Gasteiger partial charge >= 0.3 is 0 Å². The Balaban J connectivity index is 1.80. The first-order valence-electron chi connectivity index (χ1n) is 8.78. The van der Waals surface area contributed by atoms with Crippen LogP contribution in [0.2, 0.25) is 0 Å². The number of nitrogens with one attached hydrogen (secondary N) is 1. The lowest BCUT2D eigenvalue weighted by atomic mass is 10.3. The number of benzene rings is 2. The maximum Gasteiger partial charge on any atom is 0.239 e. The quantitative estimate of drug-likeness (QED) is 0.570. The first-order chi connectivity index (χ1) is 13.1. The van der Waals surface area contributed by atoms with Crippen LogP contribution in [0.15, 0.2) is 58.3 Å². The summed E-state index contributed by atoms with van der Waals surface area (Å²) in [7, 11) is 4.20. The summed E-state index contributed by atoms with van der Waals surface area (Å²) in [4.78, 5) is 23.2. The zero-order valence-electron chi connectivity index (χ0n) is 15.8. The van der Waals surface area contributed by atoms with E-state index in [1.54, 1.807) is 34.9 Å². The third-order valence-electron chi connectivity index (χ3n) is 4.06. The first kappa shape index (κ1) is 20.2. The van der Waals surface area contributed by atoms with Gasteiger partial charge in [-0.3, -0.25) is 9.69 Å². The summed E-state index contributed by atoms with van der Waals surface area (Å²) in [5, 5.41) is 0.795.